The van der Waals surface area contributed by atoms with Crippen molar-refractivity contribution < 1.29 is 14.8 Å². The van der Waals surface area contributed by atoms with Crippen LogP contribution in [-0.4, -0.2) is 16.0 Å². The zero-order chi connectivity index (χ0) is 15.6. The second kappa shape index (κ2) is 5.80. The van der Waals surface area contributed by atoms with E-state index >= 15 is 0 Å². The Kier molecular flexibility index (Phi) is 4.09. The van der Waals surface area contributed by atoms with Crippen LogP contribution in [0.2, 0.25) is 5.02 Å². The van der Waals surface area contributed by atoms with E-state index in [1.807, 2.05) is 0 Å². The summed E-state index contributed by atoms with van der Waals surface area (Å²) in [7, 11) is 0. The molecule has 0 bridgehead atoms. The van der Waals surface area contributed by atoms with Crippen molar-refractivity contribution in [1.82, 2.24) is 0 Å². The van der Waals surface area contributed by atoms with E-state index in [4.69, 9.17) is 16.7 Å². The van der Waals surface area contributed by atoms with Gasteiger partial charge in [0, 0.05) is 17.4 Å². The van der Waals surface area contributed by atoms with Crippen LogP contribution in [0.15, 0.2) is 36.4 Å². The molecular weight excluding hydrogens is 296 g/mol. The Bertz CT molecular complexity index is 731. The van der Waals surface area contributed by atoms with Crippen LogP contribution in [0.4, 0.5) is 17.1 Å². The molecule has 0 aliphatic carbocycles. The van der Waals surface area contributed by atoms with Crippen molar-refractivity contribution in [3.63, 3.8) is 0 Å². The Labute approximate surface area is 125 Å². The van der Waals surface area contributed by atoms with Crippen molar-refractivity contribution in [2.75, 3.05) is 5.32 Å². The number of nitrogens with one attached hydrogen (secondary N) is 1. The molecule has 2 aromatic rings. The third kappa shape index (κ3) is 3.11. The van der Waals surface area contributed by atoms with Gasteiger partial charge in [0.1, 0.15) is 0 Å². The van der Waals surface area contributed by atoms with E-state index in [-0.39, 0.29) is 16.3 Å². The average molecular weight is 307 g/mol. The van der Waals surface area contributed by atoms with Crippen LogP contribution in [-0.2, 0) is 0 Å². The molecule has 6 nitrogen and oxygen atoms in total. The molecule has 0 saturated carbocycles. The zero-order valence-electron chi connectivity index (χ0n) is 11.0. The molecule has 7 heteroatoms. The first-order valence-electron chi connectivity index (χ1n) is 5.94. The number of benzene rings is 2. The van der Waals surface area contributed by atoms with E-state index in [1.54, 1.807) is 25.1 Å². The molecule has 0 saturated heterocycles. The number of nitro groups is 1. The molecule has 0 amide bonds. The summed E-state index contributed by atoms with van der Waals surface area (Å²) in [5, 5.41) is 23.0. The normalized spacial score (nSPS) is 10.2. The Morgan fingerprint density at radius 3 is 2.67 bits per heavy atom. The molecule has 0 radical (unpaired) electrons. The number of halogens is 1. The first-order valence-corrected chi connectivity index (χ1v) is 6.32. The lowest BCUT2D eigenvalue weighted by molar-refractivity contribution is -0.385. The lowest BCUT2D eigenvalue weighted by Gasteiger charge is -2.11. The number of aromatic carboxylic acids is 1. The molecule has 0 aromatic heterocycles. The lowest BCUT2D eigenvalue weighted by atomic mass is 10.1. The monoisotopic (exact) mass is 306 g/mol. The number of hydrogen-bond donors (Lipinski definition) is 2. The van der Waals surface area contributed by atoms with Crippen LogP contribution in [0.1, 0.15) is 15.9 Å². The SMILES string of the molecule is Cc1c(Nc2ccc(Cl)c(C(=O)O)c2)cccc1[N+](=O)[O-]. The number of hydrogen-bond acceptors (Lipinski definition) is 4. The van der Waals surface area contributed by atoms with Crippen LogP contribution in [0.3, 0.4) is 0 Å². The minimum atomic E-state index is -1.14. The highest BCUT2D eigenvalue weighted by Gasteiger charge is 2.14. The summed E-state index contributed by atoms with van der Waals surface area (Å²) in [5.74, 6) is -1.14. The second-order valence-corrected chi connectivity index (χ2v) is 4.74. The molecule has 21 heavy (non-hydrogen) atoms. The van der Waals surface area contributed by atoms with Gasteiger partial charge in [-0.25, -0.2) is 4.79 Å². The minimum absolute atomic E-state index is 0.00702. The molecular formula is C14H11ClN2O4. The average Bonchev–Trinajstić information content (AvgIpc) is 2.42. The number of carboxylic acid groups (broad SMARTS) is 1. The standard InChI is InChI=1S/C14H11ClN2O4/c1-8-12(3-2-4-13(8)17(20)21)16-9-5-6-11(15)10(7-9)14(18)19/h2-7,16H,1H3,(H,18,19). The molecule has 0 unspecified atom stereocenters. The first kappa shape index (κ1) is 14.8. The van der Waals surface area contributed by atoms with Crippen molar-refractivity contribution in [2.24, 2.45) is 0 Å². The summed E-state index contributed by atoms with van der Waals surface area (Å²) in [6, 6.07) is 9.08. The third-order valence-electron chi connectivity index (χ3n) is 2.98. The smallest absolute Gasteiger partial charge is 0.337 e. The molecule has 0 aliphatic heterocycles. The van der Waals surface area contributed by atoms with Crippen LogP contribution < -0.4 is 5.32 Å². The summed E-state index contributed by atoms with van der Waals surface area (Å²) in [6.07, 6.45) is 0. The fourth-order valence-corrected chi connectivity index (χ4v) is 2.08. The molecule has 2 aromatic carbocycles. The highest BCUT2D eigenvalue weighted by Crippen LogP contribution is 2.29. The van der Waals surface area contributed by atoms with Gasteiger partial charge in [-0.3, -0.25) is 10.1 Å². The van der Waals surface area contributed by atoms with Gasteiger partial charge in [0.15, 0.2) is 0 Å². The summed E-state index contributed by atoms with van der Waals surface area (Å²) in [4.78, 5) is 21.5. The number of rotatable bonds is 4. The molecule has 0 atom stereocenters. The Morgan fingerprint density at radius 2 is 2.05 bits per heavy atom. The summed E-state index contributed by atoms with van der Waals surface area (Å²) < 4.78 is 0. The van der Waals surface area contributed by atoms with Crippen molar-refractivity contribution in [2.45, 2.75) is 6.92 Å². The maximum absolute atomic E-state index is 11.0. The summed E-state index contributed by atoms with van der Waals surface area (Å²) >= 11 is 5.79. The van der Waals surface area contributed by atoms with Crippen LogP contribution in [0.25, 0.3) is 0 Å². The van der Waals surface area contributed by atoms with E-state index in [9.17, 15) is 14.9 Å². The van der Waals surface area contributed by atoms with Gasteiger partial charge in [0.05, 0.1) is 21.1 Å². The number of carbonyl (C=O) groups is 1. The topological polar surface area (TPSA) is 92.5 Å². The van der Waals surface area contributed by atoms with Crippen molar-refractivity contribution in [3.05, 3.63) is 62.7 Å². The van der Waals surface area contributed by atoms with Gasteiger partial charge in [-0.05, 0) is 31.2 Å². The van der Waals surface area contributed by atoms with Crippen LogP contribution in [0, 0.1) is 17.0 Å². The van der Waals surface area contributed by atoms with E-state index in [1.165, 1.54) is 18.2 Å². The van der Waals surface area contributed by atoms with E-state index in [0.29, 0.717) is 16.9 Å². The van der Waals surface area contributed by atoms with E-state index in [2.05, 4.69) is 5.32 Å². The van der Waals surface area contributed by atoms with Gasteiger partial charge in [-0.1, -0.05) is 17.7 Å². The van der Waals surface area contributed by atoms with E-state index < -0.39 is 10.9 Å². The maximum Gasteiger partial charge on any atom is 0.337 e. The van der Waals surface area contributed by atoms with Crippen LogP contribution >= 0.6 is 11.6 Å². The molecule has 108 valence electrons. The van der Waals surface area contributed by atoms with Gasteiger partial charge in [0.2, 0.25) is 0 Å². The zero-order valence-corrected chi connectivity index (χ0v) is 11.7. The van der Waals surface area contributed by atoms with Crippen LogP contribution in [0.5, 0.6) is 0 Å². The van der Waals surface area contributed by atoms with Gasteiger partial charge < -0.3 is 10.4 Å². The predicted octanol–water partition coefficient (Wildman–Crippen LogP) is 4.00. The molecule has 2 N–H and O–H groups in total. The fraction of sp³-hybridized carbons (Fsp3) is 0.0714. The number of nitrogens with zero attached hydrogens (tertiary/aromatic N) is 1. The number of anilines is 2. The largest absolute Gasteiger partial charge is 0.478 e. The van der Waals surface area contributed by atoms with Gasteiger partial charge >= 0.3 is 5.97 Å². The minimum Gasteiger partial charge on any atom is -0.478 e. The summed E-state index contributed by atoms with van der Waals surface area (Å²) in [5.41, 5.74) is 1.44. The van der Waals surface area contributed by atoms with Gasteiger partial charge in [-0.15, -0.1) is 0 Å². The Balaban J connectivity index is 2.39. The second-order valence-electron chi connectivity index (χ2n) is 4.33. The molecule has 0 spiro atoms. The summed E-state index contributed by atoms with van der Waals surface area (Å²) in [6.45, 7) is 1.62. The highest BCUT2D eigenvalue weighted by molar-refractivity contribution is 6.33. The van der Waals surface area contributed by atoms with Crippen molar-refractivity contribution >= 4 is 34.6 Å². The first-order chi connectivity index (χ1) is 9.90. The van der Waals surface area contributed by atoms with Gasteiger partial charge in [-0.2, -0.15) is 0 Å². The fourth-order valence-electron chi connectivity index (χ4n) is 1.88. The Hall–Kier alpha value is -2.60. The third-order valence-corrected chi connectivity index (χ3v) is 3.31. The quantitative estimate of drug-likeness (QED) is 0.658. The van der Waals surface area contributed by atoms with Crippen molar-refractivity contribution in [1.29, 1.82) is 0 Å². The number of carboxylic acids is 1. The predicted molar refractivity (Wildman–Crippen MR) is 79.5 cm³/mol. The maximum atomic E-state index is 11.0. The molecule has 0 fully saturated rings. The van der Waals surface area contributed by atoms with Crippen molar-refractivity contribution in [3.8, 4) is 0 Å². The molecule has 0 aliphatic rings. The van der Waals surface area contributed by atoms with E-state index in [0.717, 1.165) is 0 Å². The Morgan fingerprint density at radius 1 is 1.33 bits per heavy atom. The molecule has 0 heterocycles. The van der Waals surface area contributed by atoms with Gasteiger partial charge in [0.25, 0.3) is 5.69 Å². The number of nitro benzene ring substituents is 1. The lowest BCUT2D eigenvalue weighted by Crippen LogP contribution is -2.01. The molecule has 2 rings (SSSR count). The highest BCUT2D eigenvalue weighted by atomic mass is 35.5.